The molecule has 0 amide bonds. The Morgan fingerprint density at radius 3 is 3.19 bits per heavy atom. The van der Waals surface area contributed by atoms with Crippen LogP contribution in [0.15, 0.2) is 23.1 Å². The molecule has 1 aromatic rings. The third kappa shape index (κ3) is 2.32. The van der Waals surface area contributed by atoms with Crippen molar-refractivity contribution in [3.63, 3.8) is 0 Å². The molecule has 1 aliphatic heterocycles. The van der Waals surface area contributed by atoms with Gasteiger partial charge in [-0.25, -0.2) is 0 Å². The maximum Gasteiger partial charge on any atom is 0.306 e. The third-order valence-electron chi connectivity index (χ3n) is 2.60. The van der Waals surface area contributed by atoms with Gasteiger partial charge in [0.1, 0.15) is 5.75 Å². The molecule has 0 fully saturated rings. The molecule has 0 saturated heterocycles. The van der Waals surface area contributed by atoms with E-state index in [1.807, 2.05) is 13.0 Å². The molecule has 1 heterocycles. The quantitative estimate of drug-likeness (QED) is 0.822. The van der Waals surface area contributed by atoms with E-state index in [1.165, 1.54) is 0 Å². The van der Waals surface area contributed by atoms with Crippen molar-refractivity contribution in [3.05, 3.63) is 23.8 Å². The zero-order chi connectivity index (χ0) is 11.5. The van der Waals surface area contributed by atoms with Crippen molar-refractivity contribution in [2.24, 2.45) is 0 Å². The van der Waals surface area contributed by atoms with E-state index in [0.29, 0.717) is 13.0 Å². The van der Waals surface area contributed by atoms with E-state index in [-0.39, 0.29) is 17.6 Å². The maximum absolute atomic E-state index is 11.4. The first-order valence-corrected chi connectivity index (χ1v) is 6.30. The highest BCUT2D eigenvalue weighted by Gasteiger charge is 2.26. The van der Waals surface area contributed by atoms with Crippen LogP contribution >= 0.6 is 11.8 Å². The zero-order valence-electron chi connectivity index (χ0n) is 9.10. The zero-order valence-corrected chi connectivity index (χ0v) is 9.92. The summed E-state index contributed by atoms with van der Waals surface area (Å²) in [6.07, 6.45) is 0.429. The van der Waals surface area contributed by atoms with Gasteiger partial charge in [0.25, 0.3) is 0 Å². The normalized spacial score (nSPS) is 18.2. The lowest BCUT2D eigenvalue weighted by Crippen LogP contribution is -2.10. The highest BCUT2D eigenvalue weighted by molar-refractivity contribution is 7.99. The standard InChI is InChI=1S/C12H14O3S/c1-2-15-12(14)5-8-7-16-11-6-9(13)3-4-10(8)11/h3-4,6,8,13H,2,5,7H2,1H3. The van der Waals surface area contributed by atoms with Gasteiger partial charge < -0.3 is 9.84 Å². The Hall–Kier alpha value is -1.16. The van der Waals surface area contributed by atoms with Gasteiger partial charge in [0.15, 0.2) is 0 Å². The fourth-order valence-corrected chi connectivity index (χ4v) is 3.14. The van der Waals surface area contributed by atoms with Gasteiger partial charge in [0, 0.05) is 16.6 Å². The molecule has 86 valence electrons. The van der Waals surface area contributed by atoms with Crippen molar-refractivity contribution in [3.8, 4) is 5.75 Å². The number of hydrogen-bond donors (Lipinski definition) is 1. The molecule has 0 radical (unpaired) electrons. The highest BCUT2D eigenvalue weighted by Crippen LogP contribution is 2.42. The van der Waals surface area contributed by atoms with Crippen molar-refractivity contribution in [1.82, 2.24) is 0 Å². The molecule has 4 heteroatoms. The Bertz CT molecular complexity index is 403. The van der Waals surface area contributed by atoms with E-state index in [2.05, 4.69) is 0 Å². The van der Waals surface area contributed by atoms with E-state index in [1.54, 1.807) is 23.9 Å². The number of thioether (sulfide) groups is 1. The molecular formula is C12H14O3S. The van der Waals surface area contributed by atoms with Crippen LogP contribution in [0.1, 0.15) is 24.8 Å². The SMILES string of the molecule is CCOC(=O)CC1CSc2cc(O)ccc21. The Labute approximate surface area is 98.8 Å². The van der Waals surface area contributed by atoms with Gasteiger partial charge in [-0.15, -0.1) is 11.8 Å². The molecule has 1 unspecified atom stereocenters. The monoisotopic (exact) mass is 238 g/mol. The second-order valence-electron chi connectivity index (χ2n) is 3.74. The van der Waals surface area contributed by atoms with Gasteiger partial charge in [0.05, 0.1) is 13.0 Å². The molecule has 3 nitrogen and oxygen atoms in total. The van der Waals surface area contributed by atoms with Crippen LogP contribution in [0.4, 0.5) is 0 Å². The van der Waals surface area contributed by atoms with Crippen molar-refractivity contribution < 1.29 is 14.6 Å². The molecule has 2 rings (SSSR count). The summed E-state index contributed by atoms with van der Waals surface area (Å²) in [7, 11) is 0. The fraction of sp³-hybridized carbons (Fsp3) is 0.417. The van der Waals surface area contributed by atoms with Crippen molar-refractivity contribution >= 4 is 17.7 Å². The average molecular weight is 238 g/mol. The van der Waals surface area contributed by atoms with Crippen LogP contribution in [-0.4, -0.2) is 23.4 Å². The van der Waals surface area contributed by atoms with Crippen molar-refractivity contribution in [2.45, 2.75) is 24.2 Å². The summed E-state index contributed by atoms with van der Waals surface area (Å²) in [5.74, 6) is 1.24. The number of hydrogen-bond acceptors (Lipinski definition) is 4. The van der Waals surface area contributed by atoms with E-state index in [0.717, 1.165) is 16.2 Å². The number of carbonyl (C=O) groups excluding carboxylic acids is 1. The summed E-state index contributed by atoms with van der Waals surface area (Å²) in [5.41, 5.74) is 1.15. The van der Waals surface area contributed by atoms with Gasteiger partial charge in [-0.05, 0) is 24.6 Å². The lowest BCUT2D eigenvalue weighted by molar-refractivity contribution is -0.143. The second-order valence-corrected chi connectivity index (χ2v) is 4.80. The van der Waals surface area contributed by atoms with Crippen LogP contribution < -0.4 is 0 Å². The first-order chi connectivity index (χ1) is 7.70. The van der Waals surface area contributed by atoms with Crippen LogP contribution in [0.25, 0.3) is 0 Å². The summed E-state index contributed by atoms with van der Waals surface area (Å²) < 4.78 is 4.94. The smallest absolute Gasteiger partial charge is 0.306 e. The molecule has 1 N–H and O–H groups in total. The van der Waals surface area contributed by atoms with Crippen LogP contribution in [0.5, 0.6) is 5.75 Å². The number of aromatic hydroxyl groups is 1. The van der Waals surface area contributed by atoms with Gasteiger partial charge in [-0.2, -0.15) is 0 Å². The Morgan fingerprint density at radius 1 is 1.62 bits per heavy atom. The number of esters is 1. The minimum atomic E-state index is -0.144. The van der Waals surface area contributed by atoms with E-state index in [9.17, 15) is 9.90 Å². The van der Waals surface area contributed by atoms with Crippen molar-refractivity contribution in [2.75, 3.05) is 12.4 Å². The maximum atomic E-state index is 11.4. The van der Waals surface area contributed by atoms with Gasteiger partial charge in [-0.3, -0.25) is 4.79 Å². The average Bonchev–Trinajstić information content (AvgIpc) is 2.61. The van der Waals surface area contributed by atoms with Crippen LogP contribution in [0, 0.1) is 0 Å². The molecule has 1 atom stereocenters. The molecular weight excluding hydrogens is 224 g/mol. The number of carbonyl (C=O) groups is 1. The summed E-state index contributed by atoms with van der Waals surface area (Å²) in [5, 5.41) is 9.34. The Balaban J connectivity index is 2.09. The van der Waals surface area contributed by atoms with E-state index >= 15 is 0 Å². The number of phenols is 1. The molecule has 0 bridgehead atoms. The molecule has 0 saturated carbocycles. The molecule has 1 aromatic carbocycles. The molecule has 1 aliphatic rings. The number of fused-ring (bicyclic) bond motifs is 1. The summed E-state index contributed by atoms with van der Waals surface area (Å²) >= 11 is 1.68. The lowest BCUT2D eigenvalue weighted by atomic mass is 9.98. The van der Waals surface area contributed by atoms with Crippen LogP contribution in [-0.2, 0) is 9.53 Å². The van der Waals surface area contributed by atoms with Gasteiger partial charge >= 0.3 is 5.97 Å². The van der Waals surface area contributed by atoms with Gasteiger partial charge in [-0.1, -0.05) is 6.07 Å². The van der Waals surface area contributed by atoms with Crippen LogP contribution in [0.2, 0.25) is 0 Å². The summed E-state index contributed by atoms with van der Waals surface area (Å²) in [6, 6.07) is 5.32. The molecule has 0 spiro atoms. The summed E-state index contributed by atoms with van der Waals surface area (Å²) in [4.78, 5) is 12.5. The fourth-order valence-electron chi connectivity index (χ4n) is 1.86. The van der Waals surface area contributed by atoms with E-state index in [4.69, 9.17) is 4.74 Å². The Morgan fingerprint density at radius 2 is 2.44 bits per heavy atom. The molecule has 16 heavy (non-hydrogen) atoms. The van der Waals surface area contributed by atoms with Crippen LogP contribution in [0.3, 0.4) is 0 Å². The van der Waals surface area contributed by atoms with E-state index < -0.39 is 0 Å². The first kappa shape index (κ1) is 11.3. The number of rotatable bonds is 3. The number of ether oxygens (including phenoxy) is 1. The predicted octanol–water partition coefficient (Wildman–Crippen LogP) is 2.53. The minimum absolute atomic E-state index is 0.144. The molecule has 0 aliphatic carbocycles. The van der Waals surface area contributed by atoms with Gasteiger partial charge in [0.2, 0.25) is 0 Å². The second kappa shape index (κ2) is 4.78. The largest absolute Gasteiger partial charge is 0.508 e. The summed E-state index contributed by atoms with van der Waals surface area (Å²) in [6.45, 7) is 2.24. The third-order valence-corrected chi connectivity index (χ3v) is 3.83. The number of phenolic OH excluding ortho intramolecular Hbond substituents is 1. The topological polar surface area (TPSA) is 46.5 Å². The minimum Gasteiger partial charge on any atom is -0.508 e. The first-order valence-electron chi connectivity index (χ1n) is 5.32. The Kier molecular flexibility index (Phi) is 3.39. The molecule has 0 aromatic heterocycles. The predicted molar refractivity (Wildman–Crippen MR) is 62.8 cm³/mol. The number of benzene rings is 1. The highest BCUT2D eigenvalue weighted by atomic mass is 32.2. The van der Waals surface area contributed by atoms with Crippen molar-refractivity contribution in [1.29, 1.82) is 0 Å². The lowest BCUT2D eigenvalue weighted by Gasteiger charge is -2.09.